The van der Waals surface area contributed by atoms with Gasteiger partial charge in [-0.25, -0.2) is 4.79 Å². The maximum Gasteiger partial charge on any atom is 0.329 e. The summed E-state index contributed by atoms with van der Waals surface area (Å²) in [4.78, 5) is 184. The topological polar surface area (TPSA) is 494 Å². The molecule has 16 atom stereocenters. The summed E-state index contributed by atoms with van der Waals surface area (Å²) in [6, 6.07) is 0.582. The molecule has 31 nitrogen and oxygen atoms in total. The third kappa shape index (κ3) is 25.5. The van der Waals surface area contributed by atoms with Crippen molar-refractivity contribution >= 4 is 82.8 Å². The number of primary amides is 1. The van der Waals surface area contributed by atoms with Gasteiger partial charge in [0.2, 0.25) is 65.0 Å². The predicted molar refractivity (Wildman–Crippen MR) is 349 cm³/mol. The number of guanidine groups is 1. The molecule has 19 N–H and O–H groups in total. The standard InChI is InChI=1S/C64H99N15O16/c1-11-33(5)47(76-56(87)43(30-39-22-17-15-18-23-39)72-53(84)40-24-19-16-20-25-40)59(90)73-44(31-80)57(88)71-42(27-28-46(65)82)55(86)75-49(35(7)13-3)61(92)77-48(34(6)12-2)60(91)74-45(32-81)58(89)79-51-38(10)95-63(94)50(36(8)14-4)78-54(85)41(26-21-29-68-64(66)67)70-52(83)37(9)69-62(51)93/h15-20,22-25,33-38,41-45,47-51,80-81H,11-14,21,26-32H2,1-10H3,(H2,65,82)(H,69,93)(H,70,83)(H,71,88)(H,72,84)(H,73,90)(H,74,91)(H,75,86)(H,76,87)(H,77,92)(H,78,85)(H,79,89)(H4,66,67,68)/t33-,34-,35-,36-,37-,38-,41-,42+,43+,44-,45-,47-,48-,49+,50-,51+/m0/s1. The minimum Gasteiger partial charge on any atom is -0.458 e. The summed E-state index contributed by atoms with van der Waals surface area (Å²) in [7, 11) is 0. The molecule has 12 amide bonds. The van der Waals surface area contributed by atoms with Crippen molar-refractivity contribution in [2.45, 2.75) is 200 Å². The monoisotopic (exact) mass is 1330 g/mol. The van der Waals surface area contributed by atoms with Crippen LogP contribution >= 0.6 is 0 Å². The number of carbonyl (C=O) groups is 13. The zero-order valence-corrected chi connectivity index (χ0v) is 55.8. The number of aliphatic imine (C=N–C) groups is 1. The highest BCUT2D eigenvalue weighted by Crippen LogP contribution is 2.18. The van der Waals surface area contributed by atoms with Gasteiger partial charge in [-0.05, 0) is 74.5 Å². The summed E-state index contributed by atoms with van der Waals surface area (Å²) >= 11 is 0. The first-order chi connectivity index (χ1) is 44.9. The van der Waals surface area contributed by atoms with E-state index in [-0.39, 0.29) is 50.2 Å². The molecule has 0 saturated carbocycles. The van der Waals surface area contributed by atoms with Gasteiger partial charge in [-0.3, -0.25) is 62.5 Å². The van der Waals surface area contributed by atoms with Crippen LogP contribution in [-0.4, -0.2) is 185 Å². The molecule has 0 radical (unpaired) electrons. The van der Waals surface area contributed by atoms with Crippen LogP contribution in [0, 0.1) is 23.7 Å². The average molecular weight is 1330 g/mol. The van der Waals surface area contributed by atoms with Gasteiger partial charge in [0.05, 0.1) is 13.2 Å². The molecule has 2 aromatic rings. The highest BCUT2D eigenvalue weighted by Gasteiger charge is 2.41. The maximum atomic E-state index is 14.5. The van der Waals surface area contributed by atoms with E-state index < -0.39 is 199 Å². The second kappa shape index (κ2) is 40.1. The number of nitrogens with one attached hydrogen (secondary N) is 11. The average Bonchev–Trinajstić information content (AvgIpc) is 1.75. The number of hydrogen-bond donors (Lipinski definition) is 16. The first-order valence-electron chi connectivity index (χ1n) is 32.1. The van der Waals surface area contributed by atoms with Crippen molar-refractivity contribution < 1.29 is 77.3 Å². The molecule has 3 rings (SSSR count). The lowest BCUT2D eigenvalue weighted by molar-refractivity contribution is -0.157. The summed E-state index contributed by atoms with van der Waals surface area (Å²) < 4.78 is 5.71. The molecule has 1 saturated heterocycles. The van der Waals surface area contributed by atoms with E-state index >= 15 is 0 Å². The molecule has 526 valence electrons. The molecule has 1 aliphatic heterocycles. The number of carbonyl (C=O) groups excluding carboxylic acids is 13. The SMILES string of the molecule is CC[C@H](C)[C@H](NC(=O)[C@@H](Cc1ccccc1)NC(=O)c1ccccc1)C(=O)N[C@@H](CO)C(=O)N[C@H](CCC(N)=O)C(=O)N[C@@H](C(=O)N[C@H](C(=O)N[C@@H](CO)C(=O)N[C@H]1C(=O)N[C@@H](C)C(=O)N[C@@H](CCCN=C(N)N)C(=O)N[C@@H]([C@@H](C)CC)C(=O)O[C@H]1C)[C@@H](C)CC)[C@@H](C)CC. The summed E-state index contributed by atoms with van der Waals surface area (Å²) in [6.07, 6.45) is -1.00. The Morgan fingerprint density at radius 2 is 1.03 bits per heavy atom. The lowest BCUT2D eigenvalue weighted by atomic mass is 9.94. The first-order valence-corrected chi connectivity index (χ1v) is 32.1. The normalized spacial score (nSPS) is 20.2. The number of rotatable bonds is 35. The Morgan fingerprint density at radius 1 is 0.558 bits per heavy atom. The van der Waals surface area contributed by atoms with E-state index in [1.807, 2.05) is 0 Å². The van der Waals surface area contributed by atoms with Crippen molar-refractivity contribution in [1.82, 2.24) is 58.5 Å². The summed E-state index contributed by atoms with van der Waals surface area (Å²) in [5.74, 6) is -14.7. The molecule has 0 spiro atoms. The number of nitrogens with two attached hydrogens (primary N) is 3. The van der Waals surface area contributed by atoms with Crippen molar-refractivity contribution in [3.05, 3.63) is 71.8 Å². The minimum absolute atomic E-state index is 0.0166. The van der Waals surface area contributed by atoms with Crippen molar-refractivity contribution in [1.29, 1.82) is 0 Å². The van der Waals surface area contributed by atoms with E-state index in [2.05, 4.69) is 63.5 Å². The van der Waals surface area contributed by atoms with Crippen LogP contribution in [0.1, 0.15) is 137 Å². The number of amides is 12. The Kier molecular flexibility index (Phi) is 33.8. The van der Waals surface area contributed by atoms with Gasteiger partial charge in [-0.2, -0.15) is 0 Å². The van der Waals surface area contributed by atoms with Crippen LogP contribution in [0.2, 0.25) is 0 Å². The number of benzene rings is 2. The molecule has 31 heteroatoms. The molecule has 0 unspecified atom stereocenters. The number of aliphatic hydroxyl groups excluding tert-OH is 2. The molecule has 0 aliphatic carbocycles. The van der Waals surface area contributed by atoms with Gasteiger partial charge < -0.3 is 90.6 Å². The van der Waals surface area contributed by atoms with Crippen LogP contribution in [-0.2, 0) is 68.7 Å². The van der Waals surface area contributed by atoms with E-state index in [0.717, 1.165) is 0 Å². The molecule has 0 bridgehead atoms. The second-order valence-corrected chi connectivity index (χ2v) is 24.0. The molecule has 1 heterocycles. The van der Waals surface area contributed by atoms with E-state index in [0.29, 0.717) is 18.4 Å². The lowest BCUT2D eigenvalue weighted by Gasteiger charge is -2.31. The van der Waals surface area contributed by atoms with E-state index in [1.54, 1.807) is 116 Å². The molecular formula is C64H99N15O16. The molecule has 2 aromatic carbocycles. The van der Waals surface area contributed by atoms with E-state index in [4.69, 9.17) is 21.9 Å². The van der Waals surface area contributed by atoms with Crippen LogP contribution in [0.15, 0.2) is 65.7 Å². The maximum absolute atomic E-state index is 14.5. The molecule has 95 heavy (non-hydrogen) atoms. The van der Waals surface area contributed by atoms with Crippen LogP contribution in [0.5, 0.6) is 0 Å². The highest BCUT2D eigenvalue weighted by atomic mass is 16.5. The molecule has 1 fully saturated rings. The first kappa shape index (κ1) is 80.0. The van der Waals surface area contributed by atoms with Crippen molar-refractivity contribution in [2.75, 3.05) is 19.8 Å². The predicted octanol–water partition coefficient (Wildman–Crippen LogP) is -2.67. The fourth-order valence-electron chi connectivity index (χ4n) is 9.82. The Hall–Kier alpha value is -9.26. The van der Waals surface area contributed by atoms with Gasteiger partial charge >= 0.3 is 5.97 Å². The molecule has 0 aromatic heterocycles. The van der Waals surface area contributed by atoms with Gasteiger partial charge in [-0.15, -0.1) is 0 Å². The fourth-order valence-corrected chi connectivity index (χ4v) is 9.82. The minimum atomic E-state index is -1.84. The van der Waals surface area contributed by atoms with Crippen molar-refractivity contribution in [2.24, 2.45) is 45.9 Å². The largest absolute Gasteiger partial charge is 0.458 e. The Morgan fingerprint density at radius 3 is 1.53 bits per heavy atom. The Labute approximate surface area is 553 Å². The Balaban J connectivity index is 1.87. The van der Waals surface area contributed by atoms with E-state index in [1.165, 1.54) is 13.8 Å². The van der Waals surface area contributed by atoms with Crippen molar-refractivity contribution in [3.8, 4) is 0 Å². The summed E-state index contributed by atoms with van der Waals surface area (Å²) in [5, 5.41) is 49.1. The molecule has 1 aliphatic rings. The number of cyclic esters (lactones) is 1. The van der Waals surface area contributed by atoms with Crippen LogP contribution in [0.3, 0.4) is 0 Å². The third-order valence-corrected chi connectivity index (χ3v) is 16.7. The smallest absolute Gasteiger partial charge is 0.329 e. The number of aliphatic hydroxyl groups is 2. The van der Waals surface area contributed by atoms with E-state index in [9.17, 15) is 72.5 Å². The second-order valence-electron chi connectivity index (χ2n) is 24.0. The fraction of sp³-hybridized carbons (Fsp3) is 0.594. The van der Waals surface area contributed by atoms with Crippen LogP contribution in [0.4, 0.5) is 0 Å². The Bertz CT molecular complexity index is 2970. The summed E-state index contributed by atoms with van der Waals surface area (Å²) in [6.45, 7) is 13.9. The zero-order valence-electron chi connectivity index (χ0n) is 55.8. The third-order valence-electron chi connectivity index (χ3n) is 16.7. The molecular weight excluding hydrogens is 1230 g/mol. The number of nitrogens with zero attached hydrogens (tertiary/aromatic N) is 1. The number of ether oxygens (including phenoxy) is 1. The number of hydrogen-bond acceptors (Lipinski definition) is 17. The van der Waals surface area contributed by atoms with Crippen LogP contribution < -0.4 is 75.7 Å². The zero-order chi connectivity index (χ0) is 71.2. The van der Waals surface area contributed by atoms with Gasteiger partial charge in [-0.1, -0.05) is 130 Å². The highest BCUT2D eigenvalue weighted by molar-refractivity contribution is 6.01. The van der Waals surface area contributed by atoms with Gasteiger partial charge in [0.15, 0.2) is 5.96 Å². The number of esters is 1. The quantitative estimate of drug-likeness (QED) is 0.0145. The summed E-state index contributed by atoms with van der Waals surface area (Å²) in [5.41, 5.74) is 17.3. The van der Waals surface area contributed by atoms with Gasteiger partial charge in [0, 0.05) is 24.9 Å². The van der Waals surface area contributed by atoms with Gasteiger partial charge in [0.1, 0.15) is 72.6 Å². The lowest BCUT2D eigenvalue weighted by Crippen LogP contribution is -2.63. The van der Waals surface area contributed by atoms with Gasteiger partial charge in [0.25, 0.3) is 5.91 Å². The van der Waals surface area contributed by atoms with Crippen LogP contribution in [0.25, 0.3) is 0 Å². The van der Waals surface area contributed by atoms with Crippen molar-refractivity contribution in [3.63, 3.8) is 0 Å².